The van der Waals surface area contributed by atoms with Crippen LogP contribution in [0.5, 0.6) is 0 Å². The maximum Gasteiger partial charge on any atom is 0.0707 e. The number of nitrogens with two attached hydrogens (primary N) is 1. The normalized spacial score (nSPS) is 12.6. The summed E-state index contributed by atoms with van der Waals surface area (Å²) in [5.74, 6) is 0. The van der Waals surface area contributed by atoms with Gasteiger partial charge < -0.3 is 11.1 Å². The van der Waals surface area contributed by atoms with Crippen LogP contribution in [-0.4, -0.2) is 11.5 Å². The van der Waals surface area contributed by atoms with E-state index in [2.05, 4.69) is 44.6 Å². The van der Waals surface area contributed by atoms with Crippen molar-refractivity contribution in [2.24, 2.45) is 0 Å². The molecule has 0 saturated carbocycles. The molecule has 0 amide bonds. The fourth-order valence-electron chi connectivity index (χ4n) is 1.79. The van der Waals surface area contributed by atoms with Gasteiger partial charge in [-0.1, -0.05) is 6.92 Å². The van der Waals surface area contributed by atoms with Crippen molar-refractivity contribution in [3.8, 4) is 0 Å². The van der Waals surface area contributed by atoms with E-state index in [1.807, 2.05) is 12.3 Å². The van der Waals surface area contributed by atoms with Crippen molar-refractivity contribution in [3.63, 3.8) is 0 Å². The van der Waals surface area contributed by atoms with E-state index < -0.39 is 0 Å². The molecule has 18 heavy (non-hydrogen) atoms. The predicted molar refractivity (Wildman–Crippen MR) is 80.8 cm³/mol. The van der Waals surface area contributed by atoms with Crippen molar-refractivity contribution in [2.45, 2.75) is 19.4 Å². The highest BCUT2D eigenvalue weighted by atomic mass is 79.9. The molecule has 2 rings (SSSR count). The Morgan fingerprint density at radius 3 is 3.00 bits per heavy atom. The molecule has 3 N–H and O–H groups in total. The summed E-state index contributed by atoms with van der Waals surface area (Å²) in [7, 11) is 0. The maximum atomic E-state index is 6.05. The van der Waals surface area contributed by atoms with Gasteiger partial charge in [-0.25, -0.2) is 0 Å². The molecule has 3 nitrogen and oxygen atoms in total. The number of nitrogens with one attached hydrogen (secondary N) is 1. The lowest BCUT2D eigenvalue weighted by molar-refractivity contribution is 0.605. The van der Waals surface area contributed by atoms with Crippen LogP contribution < -0.4 is 11.1 Å². The van der Waals surface area contributed by atoms with E-state index in [-0.39, 0.29) is 6.04 Å². The number of nitrogen functional groups attached to an aromatic ring is 1. The molecule has 0 aliphatic carbocycles. The Labute approximate surface area is 120 Å². The lowest BCUT2D eigenvalue weighted by Crippen LogP contribution is -2.23. The molecule has 2 heterocycles. The molecule has 5 heteroatoms. The number of nitrogens with zero attached hydrogens (tertiary/aromatic N) is 1. The highest BCUT2D eigenvalue weighted by Gasteiger charge is 2.17. The number of hydrogen-bond donors (Lipinski definition) is 2. The fourth-order valence-corrected chi connectivity index (χ4v) is 3.33. The van der Waals surface area contributed by atoms with E-state index in [0.717, 1.165) is 28.7 Å². The van der Waals surface area contributed by atoms with E-state index in [4.69, 9.17) is 5.73 Å². The first-order valence-electron chi connectivity index (χ1n) is 5.89. The van der Waals surface area contributed by atoms with Gasteiger partial charge in [0, 0.05) is 38.4 Å². The topological polar surface area (TPSA) is 50.9 Å². The molecule has 2 aromatic heterocycles. The molecule has 0 saturated heterocycles. The van der Waals surface area contributed by atoms with E-state index >= 15 is 0 Å². The minimum absolute atomic E-state index is 0.120. The van der Waals surface area contributed by atoms with Gasteiger partial charge in [0.15, 0.2) is 0 Å². The monoisotopic (exact) mass is 325 g/mol. The first-order valence-corrected chi connectivity index (χ1v) is 7.56. The van der Waals surface area contributed by atoms with Gasteiger partial charge in [-0.15, -0.1) is 11.3 Å². The van der Waals surface area contributed by atoms with Crippen LogP contribution in [-0.2, 0) is 0 Å². The molecule has 96 valence electrons. The lowest BCUT2D eigenvalue weighted by Gasteiger charge is -2.18. The summed E-state index contributed by atoms with van der Waals surface area (Å²) < 4.78 is 1.10. The molecule has 1 unspecified atom stereocenters. The van der Waals surface area contributed by atoms with Crippen LogP contribution in [0.25, 0.3) is 0 Å². The van der Waals surface area contributed by atoms with Crippen LogP contribution in [0.4, 0.5) is 5.69 Å². The van der Waals surface area contributed by atoms with Gasteiger partial charge in [0.25, 0.3) is 0 Å². The third kappa shape index (κ3) is 3.10. The maximum absolute atomic E-state index is 6.05. The average molecular weight is 326 g/mol. The van der Waals surface area contributed by atoms with Gasteiger partial charge in [-0.05, 0) is 41.0 Å². The smallest absolute Gasteiger partial charge is 0.0707 e. The number of halogens is 1. The van der Waals surface area contributed by atoms with Crippen LogP contribution >= 0.6 is 27.3 Å². The minimum atomic E-state index is 0.120. The van der Waals surface area contributed by atoms with Crippen molar-refractivity contribution < 1.29 is 0 Å². The second kappa shape index (κ2) is 6.31. The Hall–Kier alpha value is -0.910. The summed E-state index contributed by atoms with van der Waals surface area (Å²) >= 11 is 5.21. The average Bonchev–Trinajstić information content (AvgIpc) is 2.78. The summed E-state index contributed by atoms with van der Waals surface area (Å²) in [6.07, 6.45) is 4.65. The molecule has 0 aromatic carbocycles. The molecule has 0 fully saturated rings. The number of anilines is 1. The van der Waals surface area contributed by atoms with Gasteiger partial charge in [0.1, 0.15) is 0 Å². The van der Waals surface area contributed by atoms with Crippen LogP contribution in [0, 0.1) is 0 Å². The third-order valence-electron chi connectivity index (χ3n) is 2.67. The summed E-state index contributed by atoms with van der Waals surface area (Å²) in [5.41, 5.74) is 7.87. The highest BCUT2D eigenvalue weighted by molar-refractivity contribution is 9.10. The predicted octanol–water partition coefficient (Wildman–Crippen LogP) is 3.58. The summed E-state index contributed by atoms with van der Waals surface area (Å²) in [6.45, 7) is 3.11. The first-order chi connectivity index (χ1) is 8.72. The van der Waals surface area contributed by atoms with Crippen molar-refractivity contribution in [2.75, 3.05) is 12.3 Å². The van der Waals surface area contributed by atoms with E-state index in [1.54, 1.807) is 17.5 Å². The second-order valence-corrected chi connectivity index (χ2v) is 5.92. The van der Waals surface area contributed by atoms with E-state index in [0.29, 0.717) is 0 Å². The number of rotatable bonds is 5. The highest BCUT2D eigenvalue weighted by Crippen LogP contribution is 2.32. The fraction of sp³-hybridized carbons (Fsp3) is 0.308. The van der Waals surface area contributed by atoms with Gasteiger partial charge in [-0.2, -0.15) is 0 Å². The number of thiophene rings is 1. The zero-order valence-electron chi connectivity index (χ0n) is 10.2. The molecule has 0 spiro atoms. The molecular formula is C13H16BrN3S. The molecule has 0 radical (unpaired) electrons. The number of hydrogen-bond acceptors (Lipinski definition) is 4. The zero-order valence-corrected chi connectivity index (χ0v) is 12.6. The number of aromatic nitrogens is 1. The lowest BCUT2D eigenvalue weighted by atomic mass is 10.1. The Morgan fingerprint density at radius 2 is 2.39 bits per heavy atom. The SMILES string of the molecule is CCCNC(c1cc(Br)cs1)c1cnccc1N. The van der Waals surface area contributed by atoms with Gasteiger partial charge in [0.2, 0.25) is 0 Å². The van der Waals surface area contributed by atoms with Crippen LogP contribution in [0.3, 0.4) is 0 Å². The van der Waals surface area contributed by atoms with Crippen molar-refractivity contribution in [1.82, 2.24) is 10.3 Å². The summed E-state index contributed by atoms with van der Waals surface area (Å²) in [5, 5.41) is 5.61. The molecule has 0 aliphatic heterocycles. The van der Waals surface area contributed by atoms with E-state index in [1.165, 1.54) is 4.88 Å². The van der Waals surface area contributed by atoms with Crippen LogP contribution in [0.15, 0.2) is 34.4 Å². The van der Waals surface area contributed by atoms with E-state index in [9.17, 15) is 0 Å². The Balaban J connectivity index is 2.33. The van der Waals surface area contributed by atoms with Crippen molar-refractivity contribution >= 4 is 33.0 Å². The molecular weight excluding hydrogens is 310 g/mol. The molecule has 0 aliphatic rings. The largest absolute Gasteiger partial charge is 0.398 e. The molecule has 2 aromatic rings. The van der Waals surface area contributed by atoms with Crippen LogP contribution in [0.1, 0.15) is 29.8 Å². The van der Waals surface area contributed by atoms with Gasteiger partial charge in [0.05, 0.1) is 6.04 Å². The summed E-state index contributed by atoms with van der Waals surface area (Å²) in [6, 6.07) is 4.10. The summed E-state index contributed by atoms with van der Waals surface area (Å²) in [4.78, 5) is 5.43. The minimum Gasteiger partial charge on any atom is -0.398 e. The van der Waals surface area contributed by atoms with Gasteiger partial charge in [-0.3, -0.25) is 4.98 Å². The number of pyridine rings is 1. The van der Waals surface area contributed by atoms with Crippen molar-refractivity contribution in [1.29, 1.82) is 0 Å². The molecule has 0 bridgehead atoms. The third-order valence-corrected chi connectivity index (χ3v) is 4.43. The van der Waals surface area contributed by atoms with Crippen molar-refractivity contribution in [3.05, 3.63) is 44.8 Å². The Kier molecular flexibility index (Phi) is 4.74. The quantitative estimate of drug-likeness (QED) is 0.883. The first kappa shape index (κ1) is 13.5. The Bertz CT molecular complexity index is 512. The van der Waals surface area contributed by atoms with Gasteiger partial charge >= 0.3 is 0 Å². The molecule has 1 atom stereocenters. The second-order valence-electron chi connectivity index (χ2n) is 4.06. The Morgan fingerprint density at radius 1 is 1.56 bits per heavy atom. The standard InChI is InChI=1S/C13H16BrN3S/c1-2-4-17-13(12-6-9(14)8-18-12)10-7-16-5-3-11(10)15/h3,5-8,13,17H,2,4H2,1H3,(H2,15,16). The van der Waals surface area contributed by atoms with Crippen LogP contribution in [0.2, 0.25) is 0 Å². The zero-order chi connectivity index (χ0) is 13.0.